The third-order valence-electron chi connectivity index (χ3n) is 3.03. The van der Waals surface area contributed by atoms with Crippen molar-refractivity contribution in [3.8, 4) is 22.8 Å². The fraction of sp³-hybridized carbons (Fsp3) is 0.0714. The monoisotopic (exact) mass is 251 g/mol. The van der Waals surface area contributed by atoms with E-state index in [1.165, 1.54) is 6.33 Å². The molecule has 3 aromatic rings. The minimum atomic E-state index is 0.276. The Labute approximate surface area is 108 Å². The number of hydrogen-bond donors (Lipinski definition) is 0. The summed E-state index contributed by atoms with van der Waals surface area (Å²) in [6.45, 7) is 0.276. The standard InChI is InChI=1S/C14H9N3O2/c1-4-13-14(19-8-18-13)5-9(1)10-2-3-11-12(17-10)6-15-7-16-11/h1-7H,8H2. The fourth-order valence-corrected chi connectivity index (χ4v) is 2.09. The van der Waals surface area contributed by atoms with Gasteiger partial charge in [-0.25, -0.2) is 15.0 Å². The Morgan fingerprint density at radius 1 is 0.947 bits per heavy atom. The summed E-state index contributed by atoms with van der Waals surface area (Å²) < 4.78 is 10.7. The first-order valence-corrected chi connectivity index (χ1v) is 5.87. The van der Waals surface area contributed by atoms with Crippen LogP contribution in [0.15, 0.2) is 42.9 Å². The van der Waals surface area contributed by atoms with Crippen molar-refractivity contribution in [2.75, 3.05) is 6.79 Å². The van der Waals surface area contributed by atoms with Crippen LogP contribution in [0, 0.1) is 0 Å². The van der Waals surface area contributed by atoms with E-state index in [1.54, 1.807) is 6.20 Å². The van der Waals surface area contributed by atoms with Crippen molar-refractivity contribution in [1.29, 1.82) is 0 Å². The van der Waals surface area contributed by atoms with Gasteiger partial charge in [-0.1, -0.05) is 0 Å². The van der Waals surface area contributed by atoms with E-state index in [0.717, 1.165) is 33.8 Å². The Kier molecular flexibility index (Phi) is 2.11. The average Bonchev–Trinajstić information content (AvgIpc) is 2.94. The Bertz CT molecular complexity index is 773. The number of fused-ring (bicyclic) bond motifs is 2. The van der Waals surface area contributed by atoms with E-state index in [9.17, 15) is 0 Å². The molecule has 0 fully saturated rings. The lowest BCUT2D eigenvalue weighted by Gasteiger charge is -2.03. The van der Waals surface area contributed by atoms with Crippen LogP contribution >= 0.6 is 0 Å². The zero-order chi connectivity index (χ0) is 12.7. The molecule has 5 heteroatoms. The molecule has 0 unspecified atom stereocenters. The second kappa shape index (κ2) is 3.91. The highest BCUT2D eigenvalue weighted by Gasteiger charge is 2.14. The largest absolute Gasteiger partial charge is 0.454 e. The lowest BCUT2D eigenvalue weighted by atomic mass is 10.1. The highest BCUT2D eigenvalue weighted by molar-refractivity contribution is 5.77. The molecule has 92 valence electrons. The van der Waals surface area contributed by atoms with Crippen molar-refractivity contribution in [2.24, 2.45) is 0 Å². The molecule has 0 spiro atoms. The SMILES string of the molecule is c1ncc2nc(-c3ccc4c(c3)OCO4)ccc2n1. The van der Waals surface area contributed by atoms with Crippen LogP contribution in [0.25, 0.3) is 22.3 Å². The molecule has 0 amide bonds. The molecule has 4 rings (SSSR count). The molecule has 0 aliphatic carbocycles. The van der Waals surface area contributed by atoms with Gasteiger partial charge in [0.25, 0.3) is 0 Å². The summed E-state index contributed by atoms with van der Waals surface area (Å²) in [7, 11) is 0. The second-order valence-electron chi connectivity index (χ2n) is 4.19. The van der Waals surface area contributed by atoms with Crippen LogP contribution in [0.1, 0.15) is 0 Å². The van der Waals surface area contributed by atoms with Gasteiger partial charge < -0.3 is 9.47 Å². The van der Waals surface area contributed by atoms with Crippen molar-refractivity contribution in [1.82, 2.24) is 15.0 Å². The third-order valence-corrected chi connectivity index (χ3v) is 3.03. The number of rotatable bonds is 1. The van der Waals surface area contributed by atoms with E-state index >= 15 is 0 Å². The molecule has 3 heterocycles. The Hall–Kier alpha value is -2.69. The van der Waals surface area contributed by atoms with Crippen molar-refractivity contribution < 1.29 is 9.47 Å². The van der Waals surface area contributed by atoms with Gasteiger partial charge in [-0.15, -0.1) is 0 Å². The molecule has 5 nitrogen and oxygen atoms in total. The van der Waals surface area contributed by atoms with E-state index in [4.69, 9.17) is 9.47 Å². The van der Waals surface area contributed by atoms with Crippen molar-refractivity contribution in [3.05, 3.63) is 42.9 Å². The van der Waals surface area contributed by atoms with Gasteiger partial charge in [0.05, 0.1) is 17.4 Å². The van der Waals surface area contributed by atoms with Gasteiger partial charge >= 0.3 is 0 Å². The zero-order valence-electron chi connectivity index (χ0n) is 9.91. The van der Waals surface area contributed by atoms with Crippen molar-refractivity contribution >= 4 is 11.0 Å². The molecule has 0 bridgehead atoms. The van der Waals surface area contributed by atoms with E-state index in [-0.39, 0.29) is 6.79 Å². The first kappa shape index (κ1) is 10.3. The first-order valence-electron chi connectivity index (χ1n) is 5.87. The quantitative estimate of drug-likeness (QED) is 0.664. The maximum atomic E-state index is 5.37. The minimum absolute atomic E-state index is 0.276. The van der Waals surface area contributed by atoms with Gasteiger partial charge in [-0.2, -0.15) is 0 Å². The smallest absolute Gasteiger partial charge is 0.231 e. The van der Waals surface area contributed by atoms with Crippen LogP contribution in [0.3, 0.4) is 0 Å². The summed E-state index contributed by atoms with van der Waals surface area (Å²) in [6.07, 6.45) is 3.23. The number of ether oxygens (including phenoxy) is 2. The molecule has 1 aliphatic rings. The summed E-state index contributed by atoms with van der Waals surface area (Å²) in [4.78, 5) is 12.7. The Morgan fingerprint density at radius 3 is 2.89 bits per heavy atom. The van der Waals surface area contributed by atoms with Crippen LogP contribution in [0.5, 0.6) is 11.5 Å². The van der Waals surface area contributed by atoms with Crippen LogP contribution in [-0.4, -0.2) is 21.7 Å². The number of aromatic nitrogens is 3. The molecule has 0 N–H and O–H groups in total. The summed E-state index contributed by atoms with van der Waals surface area (Å²) in [5.41, 5.74) is 3.45. The van der Waals surface area contributed by atoms with Gasteiger partial charge in [-0.3, -0.25) is 0 Å². The molecule has 19 heavy (non-hydrogen) atoms. The summed E-state index contributed by atoms with van der Waals surface area (Å²) in [6, 6.07) is 9.66. The van der Waals surface area contributed by atoms with Gasteiger partial charge in [0, 0.05) is 5.56 Å². The van der Waals surface area contributed by atoms with Crippen molar-refractivity contribution in [3.63, 3.8) is 0 Å². The van der Waals surface area contributed by atoms with Gasteiger partial charge in [0.15, 0.2) is 11.5 Å². The molecule has 1 aliphatic heterocycles. The minimum Gasteiger partial charge on any atom is -0.454 e. The molecule has 0 atom stereocenters. The number of nitrogens with zero attached hydrogens (tertiary/aromatic N) is 3. The predicted octanol–water partition coefficient (Wildman–Crippen LogP) is 2.42. The van der Waals surface area contributed by atoms with Gasteiger partial charge in [0.2, 0.25) is 6.79 Å². The number of benzene rings is 1. The first-order chi connectivity index (χ1) is 9.40. The lowest BCUT2D eigenvalue weighted by molar-refractivity contribution is 0.174. The Balaban J connectivity index is 1.85. The van der Waals surface area contributed by atoms with E-state index < -0.39 is 0 Å². The number of pyridine rings is 1. The maximum absolute atomic E-state index is 5.37. The van der Waals surface area contributed by atoms with Gasteiger partial charge in [0.1, 0.15) is 11.8 Å². The molecule has 0 saturated heterocycles. The fourth-order valence-electron chi connectivity index (χ4n) is 2.09. The molecular weight excluding hydrogens is 242 g/mol. The molecule has 2 aromatic heterocycles. The van der Waals surface area contributed by atoms with Crippen LogP contribution in [-0.2, 0) is 0 Å². The average molecular weight is 251 g/mol. The second-order valence-corrected chi connectivity index (χ2v) is 4.19. The van der Waals surface area contributed by atoms with E-state index in [0.29, 0.717) is 0 Å². The maximum Gasteiger partial charge on any atom is 0.231 e. The summed E-state index contributed by atoms with van der Waals surface area (Å²) >= 11 is 0. The molecule has 0 radical (unpaired) electrons. The van der Waals surface area contributed by atoms with Crippen molar-refractivity contribution in [2.45, 2.75) is 0 Å². The van der Waals surface area contributed by atoms with Crippen LogP contribution < -0.4 is 9.47 Å². The van der Waals surface area contributed by atoms with Gasteiger partial charge in [-0.05, 0) is 30.3 Å². The summed E-state index contributed by atoms with van der Waals surface area (Å²) in [5.74, 6) is 1.52. The van der Waals surface area contributed by atoms with E-state index in [2.05, 4.69) is 15.0 Å². The Morgan fingerprint density at radius 2 is 1.89 bits per heavy atom. The topological polar surface area (TPSA) is 57.1 Å². The van der Waals surface area contributed by atoms with E-state index in [1.807, 2.05) is 30.3 Å². The van der Waals surface area contributed by atoms with Crippen LogP contribution in [0.2, 0.25) is 0 Å². The predicted molar refractivity (Wildman–Crippen MR) is 68.9 cm³/mol. The summed E-state index contributed by atoms with van der Waals surface area (Å²) in [5, 5.41) is 0. The third kappa shape index (κ3) is 1.67. The molecular formula is C14H9N3O2. The zero-order valence-corrected chi connectivity index (χ0v) is 9.91. The molecule has 1 aromatic carbocycles. The molecule has 0 saturated carbocycles. The highest BCUT2D eigenvalue weighted by atomic mass is 16.7. The lowest BCUT2D eigenvalue weighted by Crippen LogP contribution is -1.92. The normalized spacial score (nSPS) is 12.8. The van der Waals surface area contributed by atoms with Crippen LogP contribution in [0.4, 0.5) is 0 Å². The highest BCUT2D eigenvalue weighted by Crippen LogP contribution is 2.35. The number of hydrogen-bond acceptors (Lipinski definition) is 5.